The van der Waals surface area contributed by atoms with Gasteiger partial charge in [-0.05, 0) is 55.4 Å². The normalized spacial score (nSPS) is 37.0. The van der Waals surface area contributed by atoms with E-state index in [4.69, 9.17) is 5.73 Å². The highest BCUT2D eigenvalue weighted by molar-refractivity contribution is 5.94. The lowest BCUT2D eigenvalue weighted by Gasteiger charge is -2.12. The minimum atomic E-state index is 0.0638. The molecule has 3 saturated carbocycles. The van der Waals surface area contributed by atoms with Gasteiger partial charge in [-0.2, -0.15) is 0 Å². The second-order valence-electron chi connectivity index (χ2n) is 6.84. The molecule has 20 heavy (non-hydrogen) atoms. The molecule has 3 aliphatic carbocycles. The first-order valence-electron chi connectivity index (χ1n) is 7.95. The van der Waals surface area contributed by atoms with Crippen LogP contribution >= 0.6 is 0 Å². The van der Waals surface area contributed by atoms with Gasteiger partial charge in [-0.1, -0.05) is 6.92 Å². The number of hydrogen-bond donors (Lipinski definition) is 2. The van der Waals surface area contributed by atoms with E-state index in [2.05, 4.69) is 12.2 Å². The van der Waals surface area contributed by atoms with Crippen LogP contribution in [0.15, 0.2) is 12.3 Å². The second-order valence-corrected chi connectivity index (χ2v) is 6.84. The van der Waals surface area contributed by atoms with E-state index >= 15 is 0 Å². The number of aromatic nitrogens is 1. The Balaban J connectivity index is 1.46. The van der Waals surface area contributed by atoms with Gasteiger partial charge in [0.2, 0.25) is 0 Å². The van der Waals surface area contributed by atoms with Crippen LogP contribution in [0, 0.1) is 23.7 Å². The van der Waals surface area contributed by atoms with Crippen molar-refractivity contribution in [3.05, 3.63) is 18.0 Å². The van der Waals surface area contributed by atoms with Gasteiger partial charge in [0.15, 0.2) is 0 Å². The smallest absolute Gasteiger partial charge is 0.268 e. The van der Waals surface area contributed by atoms with Crippen molar-refractivity contribution in [2.45, 2.75) is 45.2 Å². The number of anilines is 1. The zero-order valence-corrected chi connectivity index (χ0v) is 12.0. The molecule has 1 aromatic rings. The lowest BCUT2D eigenvalue weighted by molar-refractivity contribution is 0.0935. The maximum Gasteiger partial charge on any atom is 0.268 e. The van der Waals surface area contributed by atoms with Crippen LogP contribution in [0.5, 0.6) is 0 Å². The number of carbonyl (C=O) groups excluding carboxylic acids is 1. The Morgan fingerprint density at radius 3 is 2.75 bits per heavy atom. The maximum absolute atomic E-state index is 12.5. The Hall–Kier alpha value is -1.45. The molecule has 1 heterocycles. The third-order valence-corrected chi connectivity index (χ3v) is 5.65. The topological polar surface area (TPSA) is 60.0 Å². The van der Waals surface area contributed by atoms with E-state index in [-0.39, 0.29) is 5.91 Å². The number of aryl methyl sites for hydroxylation is 1. The number of fused-ring (bicyclic) bond motifs is 5. The Bertz CT molecular complexity index is 534. The molecule has 0 aromatic carbocycles. The van der Waals surface area contributed by atoms with Crippen LogP contribution in [0.4, 0.5) is 5.69 Å². The van der Waals surface area contributed by atoms with Gasteiger partial charge in [-0.3, -0.25) is 4.79 Å². The first kappa shape index (κ1) is 12.3. The van der Waals surface area contributed by atoms with Crippen molar-refractivity contribution in [2.24, 2.45) is 23.7 Å². The number of hydrogen-bond acceptors (Lipinski definition) is 2. The SMILES string of the molecule is CCCn1cc(N)cc1C(=O)NC1C2C3CCC(C3)C12. The lowest BCUT2D eigenvalue weighted by Crippen LogP contribution is -2.31. The number of nitrogen functional groups attached to an aromatic ring is 1. The number of rotatable bonds is 4. The monoisotopic (exact) mass is 273 g/mol. The van der Waals surface area contributed by atoms with Crippen LogP contribution in [-0.2, 0) is 6.54 Å². The quantitative estimate of drug-likeness (QED) is 0.884. The number of carbonyl (C=O) groups is 1. The van der Waals surface area contributed by atoms with Crippen LogP contribution in [0.1, 0.15) is 43.1 Å². The molecular formula is C16H23N3O. The van der Waals surface area contributed by atoms with Crippen LogP contribution in [0.3, 0.4) is 0 Å². The van der Waals surface area contributed by atoms with Gasteiger partial charge < -0.3 is 15.6 Å². The van der Waals surface area contributed by atoms with Crippen molar-refractivity contribution < 1.29 is 4.79 Å². The summed E-state index contributed by atoms with van der Waals surface area (Å²) in [6.45, 7) is 2.96. The number of nitrogens with two attached hydrogens (primary N) is 1. The summed E-state index contributed by atoms with van der Waals surface area (Å²) in [6, 6.07) is 2.25. The third kappa shape index (κ3) is 1.70. The molecule has 4 rings (SSSR count). The standard InChI is InChI=1S/C16H23N3O/c1-2-5-19-8-11(17)7-12(19)16(20)18-15-13-9-3-4-10(6-9)14(13)15/h7-10,13-15H,2-6,17H2,1H3,(H,18,20). The van der Waals surface area contributed by atoms with Crippen molar-refractivity contribution in [1.82, 2.24) is 9.88 Å². The Kier molecular flexibility index (Phi) is 2.63. The van der Waals surface area contributed by atoms with Gasteiger partial charge in [0.1, 0.15) is 5.69 Å². The molecule has 4 unspecified atom stereocenters. The molecule has 1 aromatic heterocycles. The minimum absolute atomic E-state index is 0.0638. The van der Waals surface area contributed by atoms with E-state index in [9.17, 15) is 4.79 Å². The third-order valence-electron chi connectivity index (χ3n) is 5.65. The fourth-order valence-electron chi connectivity index (χ4n) is 4.89. The molecule has 0 radical (unpaired) electrons. The largest absolute Gasteiger partial charge is 0.397 e. The molecule has 1 amide bonds. The molecule has 0 aliphatic heterocycles. The Morgan fingerprint density at radius 1 is 1.40 bits per heavy atom. The predicted octanol–water partition coefficient (Wildman–Crippen LogP) is 2.25. The molecule has 4 nitrogen and oxygen atoms in total. The van der Waals surface area contributed by atoms with Crippen molar-refractivity contribution in [1.29, 1.82) is 0 Å². The molecule has 108 valence electrons. The molecule has 3 N–H and O–H groups in total. The Morgan fingerprint density at radius 2 is 2.10 bits per heavy atom. The summed E-state index contributed by atoms with van der Waals surface area (Å²) in [6.07, 6.45) is 7.07. The number of amides is 1. The molecular weight excluding hydrogens is 250 g/mol. The molecule has 0 spiro atoms. The lowest BCUT2D eigenvalue weighted by atomic mass is 10.0. The minimum Gasteiger partial charge on any atom is -0.397 e. The van der Waals surface area contributed by atoms with E-state index in [1.54, 1.807) is 6.07 Å². The van der Waals surface area contributed by atoms with Crippen molar-refractivity contribution in [3.8, 4) is 0 Å². The first-order chi connectivity index (χ1) is 9.69. The van der Waals surface area contributed by atoms with E-state index in [1.165, 1.54) is 19.3 Å². The molecule has 3 fully saturated rings. The highest BCUT2D eigenvalue weighted by atomic mass is 16.2. The van der Waals surface area contributed by atoms with Gasteiger partial charge in [0.05, 0.1) is 5.69 Å². The molecule has 3 aliphatic rings. The van der Waals surface area contributed by atoms with E-state index in [1.807, 2.05) is 10.8 Å². The fraction of sp³-hybridized carbons (Fsp3) is 0.688. The van der Waals surface area contributed by atoms with Crippen LogP contribution in [-0.4, -0.2) is 16.5 Å². The zero-order chi connectivity index (χ0) is 13.9. The highest BCUT2D eigenvalue weighted by Crippen LogP contribution is 2.65. The van der Waals surface area contributed by atoms with Gasteiger partial charge >= 0.3 is 0 Å². The average Bonchev–Trinajstić information content (AvgIpc) is 2.81. The molecule has 2 bridgehead atoms. The van der Waals surface area contributed by atoms with Crippen LogP contribution < -0.4 is 11.1 Å². The van der Waals surface area contributed by atoms with Crippen LogP contribution in [0.2, 0.25) is 0 Å². The van der Waals surface area contributed by atoms with Gasteiger partial charge in [0, 0.05) is 18.8 Å². The maximum atomic E-state index is 12.5. The van der Waals surface area contributed by atoms with E-state index < -0.39 is 0 Å². The fourth-order valence-corrected chi connectivity index (χ4v) is 4.89. The molecule has 0 saturated heterocycles. The average molecular weight is 273 g/mol. The number of nitrogens with zero attached hydrogens (tertiary/aromatic N) is 1. The van der Waals surface area contributed by atoms with E-state index in [0.29, 0.717) is 11.7 Å². The highest BCUT2D eigenvalue weighted by Gasteiger charge is 2.65. The van der Waals surface area contributed by atoms with Gasteiger partial charge in [-0.25, -0.2) is 0 Å². The van der Waals surface area contributed by atoms with Gasteiger partial charge in [-0.15, -0.1) is 0 Å². The summed E-state index contributed by atoms with van der Waals surface area (Å²) in [5.41, 5.74) is 7.24. The predicted molar refractivity (Wildman–Crippen MR) is 78.2 cm³/mol. The zero-order valence-electron chi connectivity index (χ0n) is 12.0. The summed E-state index contributed by atoms with van der Waals surface area (Å²) in [5, 5.41) is 3.27. The summed E-state index contributed by atoms with van der Waals surface area (Å²) in [7, 11) is 0. The van der Waals surface area contributed by atoms with Crippen molar-refractivity contribution in [3.63, 3.8) is 0 Å². The summed E-state index contributed by atoms with van der Waals surface area (Å²) in [5.74, 6) is 3.41. The summed E-state index contributed by atoms with van der Waals surface area (Å²) < 4.78 is 1.98. The first-order valence-corrected chi connectivity index (χ1v) is 7.95. The van der Waals surface area contributed by atoms with Crippen molar-refractivity contribution in [2.75, 3.05) is 5.73 Å². The number of nitrogens with one attached hydrogen (secondary N) is 1. The second kappa shape index (κ2) is 4.27. The van der Waals surface area contributed by atoms with Crippen LogP contribution in [0.25, 0.3) is 0 Å². The summed E-state index contributed by atoms with van der Waals surface area (Å²) in [4.78, 5) is 12.5. The molecule has 4 atom stereocenters. The summed E-state index contributed by atoms with van der Waals surface area (Å²) >= 11 is 0. The van der Waals surface area contributed by atoms with E-state index in [0.717, 1.165) is 42.3 Å². The van der Waals surface area contributed by atoms with Gasteiger partial charge in [0.25, 0.3) is 5.91 Å². The molecule has 4 heteroatoms. The Labute approximate surface area is 119 Å². The van der Waals surface area contributed by atoms with Crippen molar-refractivity contribution >= 4 is 11.6 Å².